The largest absolute Gasteiger partial charge is 0.497 e. The molecule has 0 radical (unpaired) electrons. The molecule has 3 aromatic carbocycles. The number of benzene rings is 3. The lowest BCUT2D eigenvalue weighted by Gasteiger charge is -2.13. The second-order valence-electron chi connectivity index (χ2n) is 8.82. The zero-order valence-corrected chi connectivity index (χ0v) is 20.9. The summed E-state index contributed by atoms with van der Waals surface area (Å²) in [6.45, 7) is 3.26. The third-order valence-electron chi connectivity index (χ3n) is 5.57. The molecular formula is C26H22ClF3N2O3S. The second-order valence-corrected chi connectivity index (χ2v) is 11.2. The van der Waals surface area contributed by atoms with E-state index in [9.17, 15) is 26.7 Å². The van der Waals surface area contributed by atoms with E-state index in [1.165, 1.54) is 18.2 Å². The van der Waals surface area contributed by atoms with Gasteiger partial charge in [-0.25, -0.2) is 13.1 Å². The smallest absolute Gasteiger partial charge is 0.384 e. The zero-order valence-electron chi connectivity index (χ0n) is 19.3. The molecule has 0 fully saturated rings. The fourth-order valence-electron chi connectivity index (χ4n) is 3.67. The topological polar surface area (TPSA) is 72.2 Å². The fourth-order valence-corrected chi connectivity index (χ4v) is 4.67. The van der Waals surface area contributed by atoms with Crippen LogP contribution in [0.4, 0.5) is 13.2 Å². The Bertz CT molecular complexity index is 1510. The summed E-state index contributed by atoms with van der Waals surface area (Å²) in [5.74, 6) is -1.13. The van der Waals surface area contributed by atoms with Crippen molar-refractivity contribution in [1.29, 1.82) is 0 Å². The van der Waals surface area contributed by atoms with Gasteiger partial charge in [-0.2, -0.15) is 18.3 Å². The second kappa shape index (κ2) is 9.38. The first-order valence-corrected chi connectivity index (χ1v) is 12.9. The summed E-state index contributed by atoms with van der Waals surface area (Å²) in [5, 5.41) is 15.6. The average Bonchev–Trinajstić information content (AvgIpc) is 3.24. The Labute approximate surface area is 211 Å². The first-order chi connectivity index (χ1) is 16.8. The Balaban J connectivity index is 1.71. The molecule has 5 nitrogen and oxygen atoms in total. The molecule has 0 aliphatic carbocycles. The lowest BCUT2D eigenvalue weighted by molar-refractivity contribution is -0.0437. The Morgan fingerprint density at radius 2 is 1.53 bits per heavy atom. The number of hydrogen-bond acceptors (Lipinski definition) is 4. The van der Waals surface area contributed by atoms with Crippen molar-refractivity contribution in [2.45, 2.75) is 30.7 Å². The van der Waals surface area contributed by atoms with Gasteiger partial charge in [0.15, 0.2) is 0 Å². The number of hydrogen-bond donors (Lipinski definition) is 1. The SMILES string of the molecule is CC(C)(O)c1cc(-c2ccc(-c3cccc(CS(=O)(=O)C(F)(F)F)c3)cc2)n(-c2ccccc2Cl)n1. The van der Waals surface area contributed by atoms with Gasteiger partial charge in [-0.3, -0.25) is 0 Å². The molecule has 10 heteroatoms. The van der Waals surface area contributed by atoms with Crippen LogP contribution in [0.3, 0.4) is 0 Å². The van der Waals surface area contributed by atoms with E-state index in [1.807, 2.05) is 24.3 Å². The van der Waals surface area contributed by atoms with Gasteiger partial charge in [-0.1, -0.05) is 72.3 Å². The minimum absolute atomic E-state index is 0.0421. The van der Waals surface area contributed by atoms with Gasteiger partial charge >= 0.3 is 5.51 Å². The van der Waals surface area contributed by atoms with Gasteiger partial charge in [-0.05, 0) is 48.7 Å². The predicted molar refractivity (Wildman–Crippen MR) is 133 cm³/mol. The van der Waals surface area contributed by atoms with Crippen LogP contribution in [0.15, 0.2) is 78.9 Å². The van der Waals surface area contributed by atoms with Crippen molar-refractivity contribution >= 4 is 21.4 Å². The van der Waals surface area contributed by atoms with Crippen molar-refractivity contribution in [3.8, 4) is 28.1 Å². The van der Waals surface area contributed by atoms with E-state index < -0.39 is 26.7 Å². The van der Waals surface area contributed by atoms with Gasteiger partial charge in [0.05, 0.1) is 27.9 Å². The van der Waals surface area contributed by atoms with Gasteiger partial charge in [0, 0.05) is 5.56 Å². The summed E-state index contributed by atoms with van der Waals surface area (Å²) in [7, 11) is -5.28. The van der Waals surface area contributed by atoms with Crippen molar-refractivity contribution < 1.29 is 26.7 Å². The summed E-state index contributed by atoms with van der Waals surface area (Å²) in [4.78, 5) is 0. The number of rotatable bonds is 6. The third-order valence-corrected chi connectivity index (χ3v) is 7.31. The minimum atomic E-state index is -5.31. The van der Waals surface area contributed by atoms with Crippen LogP contribution in [0.2, 0.25) is 5.02 Å². The summed E-state index contributed by atoms with van der Waals surface area (Å²) in [6.07, 6.45) is 0. The molecule has 1 N–H and O–H groups in total. The third kappa shape index (κ3) is 5.33. The molecule has 1 aromatic heterocycles. The lowest BCUT2D eigenvalue weighted by Crippen LogP contribution is -2.24. The first kappa shape index (κ1) is 25.9. The monoisotopic (exact) mass is 534 g/mol. The lowest BCUT2D eigenvalue weighted by atomic mass is 10.00. The number of para-hydroxylation sites is 1. The Hall–Kier alpha value is -3.14. The quantitative estimate of drug-likeness (QED) is 0.305. The molecule has 0 amide bonds. The van der Waals surface area contributed by atoms with E-state index in [4.69, 9.17) is 11.6 Å². The summed E-state index contributed by atoms with van der Waals surface area (Å²) in [6, 6.07) is 22.1. The van der Waals surface area contributed by atoms with E-state index in [1.54, 1.807) is 54.9 Å². The van der Waals surface area contributed by atoms with Crippen molar-refractivity contribution in [3.05, 3.63) is 95.1 Å². The van der Waals surface area contributed by atoms with E-state index in [0.717, 1.165) is 5.56 Å². The highest BCUT2D eigenvalue weighted by molar-refractivity contribution is 7.91. The van der Waals surface area contributed by atoms with E-state index in [2.05, 4.69) is 5.10 Å². The molecular weight excluding hydrogens is 513 g/mol. The number of halogens is 4. The maximum absolute atomic E-state index is 12.8. The molecule has 0 aliphatic heterocycles. The molecule has 0 atom stereocenters. The van der Waals surface area contributed by atoms with Crippen LogP contribution in [0.25, 0.3) is 28.1 Å². The Kier molecular flexibility index (Phi) is 6.76. The molecule has 0 saturated heterocycles. The van der Waals surface area contributed by atoms with Gasteiger partial charge in [-0.15, -0.1) is 0 Å². The van der Waals surface area contributed by atoms with E-state index >= 15 is 0 Å². The van der Waals surface area contributed by atoms with Gasteiger partial charge in [0.1, 0.15) is 5.60 Å². The van der Waals surface area contributed by atoms with Crippen molar-refractivity contribution in [1.82, 2.24) is 9.78 Å². The maximum Gasteiger partial charge on any atom is 0.497 e. The summed E-state index contributed by atoms with van der Waals surface area (Å²) < 4.78 is 63.1. The normalized spacial score (nSPS) is 12.6. The predicted octanol–water partition coefficient (Wildman–Crippen LogP) is 6.52. The number of aliphatic hydroxyl groups is 1. The average molecular weight is 535 g/mol. The summed E-state index contributed by atoms with van der Waals surface area (Å²) in [5.41, 5.74) is -2.68. The summed E-state index contributed by atoms with van der Waals surface area (Å²) >= 11 is 6.40. The molecule has 4 aromatic rings. The highest BCUT2D eigenvalue weighted by Gasteiger charge is 2.45. The molecule has 0 aliphatic rings. The molecule has 1 heterocycles. The van der Waals surface area contributed by atoms with Crippen LogP contribution in [0.5, 0.6) is 0 Å². The van der Waals surface area contributed by atoms with Crippen molar-refractivity contribution in [2.75, 3.05) is 0 Å². The Morgan fingerprint density at radius 1 is 0.889 bits per heavy atom. The first-order valence-electron chi connectivity index (χ1n) is 10.8. The van der Waals surface area contributed by atoms with Crippen LogP contribution in [-0.2, 0) is 21.2 Å². The van der Waals surface area contributed by atoms with Gasteiger partial charge < -0.3 is 5.11 Å². The molecule has 0 bridgehead atoms. The molecule has 0 unspecified atom stereocenters. The molecule has 36 heavy (non-hydrogen) atoms. The number of alkyl halides is 3. The molecule has 4 rings (SSSR count). The van der Waals surface area contributed by atoms with Crippen molar-refractivity contribution in [3.63, 3.8) is 0 Å². The maximum atomic E-state index is 12.8. The molecule has 0 spiro atoms. The van der Waals surface area contributed by atoms with Crippen LogP contribution in [0, 0.1) is 0 Å². The molecule has 0 saturated carbocycles. The van der Waals surface area contributed by atoms with Crippen LogP contribution in [0.1, 0.15) is 25.1 Å². The van der Waals surface area contributed by atoms with E-state index in [0.29, 0.717) is 33.2 Å². The van der Waals surface area contributed by atoms with Crippen LogP contribution < -0.4 is 0 Å². The van der Waals surface area contributed by atoms with Crippen molar-refractivity contribution in [2.24, 2.45) is 0 Å². The van der Waals surface area contributed by atoms with Crippen LogP contribution >= 0.6 is 11.6 Å². The fraction of sp³-hybridized carbons (Fsp3) is 0.192. The standard InChI is InChI=1S/C26H22ClF3N2O3S/c1-25(2,33)24-15-23(32(31-24)22-9-4-3-8-21(22)27)19-12-10-18(11-13-19)20-7-5-6-17(14-20)16-36(34,35)26(28,29)30/h3-15,33H,16H2,1-2H3. The minimum Gasteiger partial charge on any atom is -0.384 e. The molecule has 188 valence electrons. The van der Waals surface area contributed by atoms with Gasteiger partial charge in [0.2, 0.25) is 0 Å². The van der Waals surface area contributed by atoms with Gasteiger partial charge in [0.25, 0.3) is 9.84 Å². The van der Waals surface area contributed by atoms with Crippen LogP contribution in [-0.4, -0.2) is 28.8 Å². The van der Waals surface area contributed by atoms with E-state index in [-0.39, 0.29) is 5.56 Å². The number of nitrogens with zero attached hydrogens (tertiary/aromatic N) is 2. The number of aromatic nitrogens is 2. The highest BCUT2D eigenvalue weighted by Crippen LogP contribution is 2.33. The number of sulfone groups is 1. The zero-order chi connectivity index (χ0) is 26.3. The highest BCUT2D eigenvalue weighted by atomic mass is 35.5. The Morgan fingerprint density at radius 3 is 2.14 bits per heavy atom.